The van der Waals surface area contributed by atoms with Gasteiger partial charge in [0, 0.05) is 5.70 Å². The van der Waals surface area contributed by atoms with Gasteiger partial charge in [-0.1, -0.05) is 62.4 Å². The maximum Gasteiger partial charge on any atom is 0.0718 e. The molecular formula is C15H21N. The molecule has 0 amide bonds. The maximum absolute atomic E-state index is 4.04. The lowest BCUT2D eigenvalue weighted by Gasteiger charge is -2.22. The molecule has 86 valence electrons. The van der Waals surface area contributed by atoms with Crippen LogP contribution < -0.4 is 5.32 Å². The van der Waals surface area contributed by atoms with Crippen molar-refractivity contribution in [2.45, 2.75) is 32.7 Å². The summed E-state index contributed by atoms with van der Waals surface area (Å²) in [7, 11) is 0. The van der Waals surface area contributed by atoms with Crippen LogP contribution in [-0.4, -0.2) is 0 Å². The standard InChI is InChI=1S/C15H21N/c1-5-9-13(4)16-15(12(2)3)14-10-7-6-8-11-14/h6-8,10-11,15-16H,2,4-5,9H2,1,3H3. The van der Waals surface area contributed by atoms with Crippen molar-refractivity contribution >= 4 is 0 Å². The first-order valence-corrected chi connectivity index (χ1v) is 5.79. The average Bonchev–Trinajstić information content (AvgIpc) is 2.27. The number of hydrogen-bond donors (Lipinski definition) is 1. The fourth-order valence-corrected chi connectivity index (χ4v) is 1.71. The normalized spacial score (nSPS) is 11.9. The van der Waals surface area contributed by atoms with Crippen LogP contribution in [0.3, 0.4) is 0 Å². The molecule has 0 saturated heterocycles. The van der Waals surface area contributed by atoms with Gasteiger partial charge in [-0.15, -0.1) is 0 Å². The Labute approximate surface area is 98.9 Å². The van der Waals surface area contributed by atoms with Crippen LogP contribution >= 0.6 is 0 Å². The van der Waals surface area contributed by atoms with Gasteiger partial charge in [0.2, 0.25) is 0 Å². The molecule has 1 rings (SSSR count). The van der Waals surface area contributed by atoms with Crippen LogP contribution in [0, 0.1) is 0 Å². The summed E-state index contributed by atoms with van der Waals surface area (Å²) in [6.07, 6.45) is 2.13. The fraction of sp³-hybridized carbons (Fsp3) is 0.333. The Bertz CT molecular complexity index is 351. The molecule has 1 N–H and O–H groups in total. The SMILES string of the molecule is C=C(CCC)NC(C(=C)C)c1ccccc1. The molecule has 0 fully saturated rings. The van der Waals surface area contributed by atoms with Crippen molar-refractivity contribution in [3.05, 3.63) is 60.3 Å². The van der Waals surface area contributed by atoms with Gasteiger partial charge >= 0.3 is 0 Å². The molecule has 0 aliphatic rings. The molecule has 1 aromatic carbocycles. The second-order valence-corrected chi connectivity index (χ2v) is 4.19. The molecule has 0 aromatic heterocycles. The third-order valence-corrected chi connectivity index (χ3v) is 2.53. The van der Waals surface area contributed by atoms with Crippen LogP contribution in [0.5, 0.6) is 0 Å². The molecule has 0 saturated carbocycles. The van der Waals surface area contributed by atoms with Gasteiger partial charge in [-0.05, 0) is 18.9 Å². The van der Waals surface area contributed by atoms with E-state index in [1.165, 1.54) is 5.56 Å². The molecule has 1 aromatic rings. The van der Waals surface area contributed by atoms with Crippen LogP contribution in [0.1, 0.15) is 38.3 Å². The van der Waals surface area contributed by atoms with E-state index in [1.807, 2.05) is 13.0 Å². The lowest BCUT2D eigenvalue weighted by molar-refractivity contribution is 0.648. The molecule has 0 radical (unpaired) electrons. The molecular weight excluding hydrogens is 194 g/mol. The van der Waals surface area contributed by atoms with Crippen molar-refractivity contribution in [1.29, 1.82) is 0 Å². The second-order valence-electron chi connectivity index (χ2n) is 4.19. The highest BCUT2D eigenvalue weighted by atomic mass is 14.9. The van der Waals surface area contributed by atoms with Crippen LogP contribution in [0.2, 0.25) is 0 Å². The minimum atomic E-state index is 0.181. The van der Waals surface area contributed by atoms with Crippen LogP contribution in [0.4, 0.5) is 0 Å². The molecule has 0 aliphatic heterocycles. The van der Waals surface area contributed by atoms with E-state index in [2.05, 4.69) is 49.7 Å². The van der Waals surface area contributed by atoms with Gasteiger partial charge in [0.25, 0.3) is 0 Å². The molecule has 1 heteroatoms. The molecule has 0 aliphatic carbocycles. The summed E-state index contributed by atoms with van der Waals surface area (Å²) in [5.74, 6) is 0. The van der Waals surface area contributed by atoms with Gasteiger partial charge in [0.05, 0.1) is 6.04 Å². The summed E-state index contributed by atoms with van der Waals surface area (Å²) in [6.45, 7) is 12.3. The van der Waals surface area contributed by atoms with Gasteiger partial charge in [0.1, 0.15) is 0 Å². The van der Waals surface area contributed by atoms with Crippen molar-refractivity contribution in [1.82, 2.24) is 5.32 Å². The Morgan fingerprint density at radius 1 is 1.25 bits per heavy atom. The van der Waals surface area contributed by atoms with Gasteiger partial charge in [-0.3, -0.25) is 0 Å². The summed E-state index contributed by atoms with van der Waals surface area (Å²) < 4.78 is 0. The summed E-state index contributed by atoms with van der Waals surface area (Å²) in [4.78, 5) is 0. The summed E-state index contributed by atoms with van der Waals surface area (Å²) in [5, 5.41) is 3.44. The van der Waals surface area contributed by atoms with E-state index in [4.69, 9.17) is 0 Å². The minimum absolute atomic E-state index is 0.181. The molecule has 0 heterocycles. The smallest absolute Gasteiger partial charge is 0.0718 e. The summed E-state index contributed by atoms with van der Waals surface area (Å²) in [6, 6.07) is 10.5. The number of nitrogens with one attached hydrogen (secondary N) is 1. The third kappa shape index (κ3) is 3.58. The van der Waals surface area contributed by atoms with Crippen molar-refractivity contribution < 1.29 is 0 Å². The quantitative estimate of drug-likeness (QED) is 0.701. The fourth-order valence-electron chi connectivity index (χ4n) is 1.71. The van der Waals surface area contributed by atoms with Crippen molar-refractivity contribution in [2.24, 2.45) is 0 Å². The second kappa shape index (κ2) is 6.16. The van der Waals surface area contributed by atoms with Gasteiger partial charge in [-0.25, -0.2) is 0 Å². The first kappa shape index (κ1) is 12.6. The average molecular weight is 215 g/mol. The first-order chi connectivity index (χ1) is 7.65. The highest BCUT2D eigenvalue weighted by Gasteiger charge is 2.11. The van der Waals surface area contributed by atoms with E-state index < -0.39 is 0 Å². The molecule has 1 atom stereocenters. The lowest BCUT2D eigenvalue weighted by Crippen LogP contribution is -2.20. The molecule has 0 spiro atoms. The number of benzene rings is 1. The zero-order valence-electron chi connectivity index (χ0n) is 10.3. The van der Waals surface area contributed by atoms with Crippen molar-refractivity contribution in [3.8, 4) is 0 Å². The van der Waals surface area contributed by atoms with E-state index in [0.29, 0.717) is 0 Å². The number of hydrogen-bond acceptors (Lipinski definition) is 1. The van der Waals surface area contributed by atoms with Gasteiger partial charge in [0.15, 0.2) is 0 Å². The van der Waals surface area contributed by atoms with Crippen molar-refractivity contribution in [2.75, 3.05) is 0 Å². The zero-order valence-corrected chi connectivity index (χ0v) is 10.3. The van der Waals surface area contributed by atoms with Crippen LogP contribution in [-0.2, 0) is 0 Å². The van der Waals surface area contributed by atoms with Crippen LogP contribution in [0.15, 0.2) is 54.8 Å². The Morgan fingerprint density at radius 3 is 2.38 bits per heavy atom. The lowest BCUT2D eigenvalue weighted by atomic mass is 10.0. The number of rotatable bonds is 6. The topological polar surface area (TPSA) is 12.0 Å². The minimum Gasteiger partial charge on any atom is -0.378 e. The largest absolute Gasteiger partial charge is 0.378 e. The zero-order chi connectivity index (χ0) is 12.0. The first-order valence-electron chi connectivity index (χ1n) is 5.79. The highest BCUT2D eigenvalue weighted by Crippen LogP contribution is 2.21. The predicted molar refractivity (Wildman–Crippen MR) is 71.2 cm³/mol. The molecule has 1 nitrogen and oxygen atoms in total. The highest BCUT2D eigenvalue weighted by molar-refractivity contribution is 5.27. The monoisotopic (exact) mass is 215 g/mol. The maximum atomic E-state index is 4.04. The van der Waals surface area contributed by atoms with E-state index in [0.717, 1.165) is 24.1 Å². The molecule has 0 bridgehead atoms. The Balaban J connectivity index is 2.77. The van der Waals surface area contributed by atoms with E-state index in [9.17, 15) is 0 Å². The van der Waals surface area contributed by atoms with Crippen molar-refractivity contribution in [3.63, 3.8) is 0 Å². The Hall–Kier alpha value is -1.50. The predicted octanol–water partition coefficient (Wildman–Crippen LogP) is 4.21. The van der Waals surface area contributed by atoms with Gasteiger partial charge < -0.3 is 5.32 Å². The van der Waals surface area contributed by atoms with E-state index >= 15 is 0 Å². The van der Waals surface area contributed by atoms with Crippen LogP contribution in [0.25, 0.3) is 0 Å². The Morgan fingerprint density at radius 2 is 1.88 bits per heavy atom. The molecule has 1 unspecified atom stereocenters. The van der Waals surface area contributed by atoms with Gasteiger partial charge in [-0.2, -0.15) is 0 Å². The van der Waals surface area contributed by atoms with E-state index in [1.54, 1.807) is 0 Å². The number of allylic oxidation sites excluding steroid dienone is 1. The third-order valence-electron chi connectivity index (χ3n) is 2.53. The molecule has 16 heavy (non-hydrogen) atoms. The summed E-state index contributed by atoms with van der Waals surface area (Å²) >= 11 is 0. The summed E-state index contributed by atoms with van der Waals surface area (Å²) in [5.41, 5.74) is 3.44. The van der Waals surface area contributed by atoms with E-state index in [-0.39, 0.29) is 6.04 Å². The Kier molecular flexibility index (Phi) is 4.84.